The molecule has 0 heterocycles. The predicted molar refractivity (Wildman–Crippen MR) is 87.6 cm³/mol. The van der Waals surface area contributed by atoms with Gasteiger partial charge in [-0.2, -0.15) is 5.26 Å². The third-order valence-electron chi connectivity index (χ3n) is 3.75. The number of aryl methyl sites for hydroxylation is 2. The van der Waals surface area contributed by atoms with E-state index in [1.807, 2.05) is 56.3 Å². The average Bonchev–Trinajstić information content (AvgIpc) is 2.57. The molecule has 1 N–H and O–H groups in total. The maximum Gasteiger partial charge on any atom is 0.245 e. The Morgan fingerprint density at radius 2 is 1.78 bits per heavy atom. The molecule has 0 aliphatic rings. The Morgan fingerprint density at radius 1 is 1.09 bits per heavy atom. The number of hydrogen-bond acceptors (Lipinski definition) is 3. The first-order valence-electron chi connectivity index (χ1n) is 7.35. The zero-order chi connectivity index (χ0) is 16.8. The lowest BCUT2D eigenvalue weighted by atomic mass is 9.95. The predicted octanol–water partition coefficient (Wildman–Crippen LogP) is 2.94. The second-order valence-corrected chi connectivity index (χ2v) is 5.43. The first-order chi connectivity index (χ1) is 11.0. The van der Waals surface area contributed by atoms with Gasteiger partial charge in [0.25, 0.3) is 0 Å². The van der Waals surface area contributed by atoms with E-state index in [-0.39, 0.29) is 6.54 Å². The monoisotopic (exact) mass is 306 g/mol. The number of rotatable bonds is 5. The maximum absolute atomic E-state index is 12.4. The summed E-state index contributed by atoms with van der Waals surface area (Å²) in [6, 6.07) is 16.3. The molecule has 1 atom stereocenters. The largest absolute Gasteiger partial charge is 0.350 e. The number of ketones is 1. The summed E-state index contributed by atoms with van der Waals surface area (Å²) >= 11 is 0. The van der Waals surface area contributed by atoms with Crippen LogP contribution in [0.25, 0.3) is 0 Å². The van der Waals surface area contributed by atoms with Crippen LogP contribution in [0.4, 0.5) is 0 Å². The van der Waals surface area contributed by atoms with Gasteiger partial charge in [0.05, 0.1) is 6.07 Å². The highest BCUT2D eigenvalue weighted by atomic mass is 16.2. The van der Waals surface area contributed by atoms with Crippen LogP contribution in [0.3, 0.4) is 0 Å². The van der Waals surface area contributed by atoms with Crippen molar-refractivity contribution in [3.8, 4) is 6.07 Å². The molecule has 116 valence electrons. The molecule has 1 unspecified atom stereocenters. The number of carbonyl (C=O) groups excluding carboxylic acids is 2. The van der Waals surface area contributed by atoms with Gasteiger partial charge in [-0.25, -0.2) is 0 Å². The van der Waals surface area contributed by atoms with Crippen molar-refractivity contribution in [2.45, 2.75) is 20.4 Å². The van der Waals surface area contributed by atoms with Crippen molar-refractivity contribution in [3.05, 3.63) is 70.8 Å². The summed E-state index contributed by atoms with van der Waals surface area (Å²) in [5.74, 6) is -2.37. The molecule has 2 rings (SSSR count). The van der Waals surface area contributed by atoms with E-state index in [1.165, 1.54) is 0 Å². The zero-order valence-electron chi connectivity index (χ0n) is 13.2. The van der Waals surface area contributed by atoms with Crippen LogP contribution in [0.15, 0.2) is 48.5 Å². The molecule has 0 spiro atoms. The molecule has 2 aromatic carbocycles. The number of nitriles is 1. The second kappa shape index (κ2) is 7.37. The fraction of sp³-hybridized carbons (Fsp3) is 0.211. The Morgan fingerprint density at radius 3 is 2.39 bits per heavy atom. The standard InChI is InChI=1S/C19H18N2O2/c1-13-8-9-16(10-14(13)2)18(22)17(11-20)19(23)21-12-15-6-4-3-5-7-15/h3-10,17H,12H2,1-2H3,(H,21,23). The summed E-state index contributed by atoms with van der Waals surface area (Å²) in [4.78, 5) is 24.6. The Bertz CT molecular complexity index is 761. The molecule has 0 bridgehead atoms. The molecule has 0 aromatic heterocycles. The van der Waals surface area contributed by atoms with E-state index in [0.29, 0.717) is 5.56 Å². The van der Waals surface area contributed by atoms with Crippen molar-refractivity contribution in [3.63, 3.8) is 0 Å². The minimum atomic E-state index is -1.33. The van der Waals surface area contributed by atoms with Gasteiger partial charge in [0.1, 0.15) is 0 Å². The molecular formula is C19H18N2O2. The van der Waals surface area contributed by atoms with Gasteiger partial charge in [0.15, 0.2) is 11.7 Å². The van der Waals surface area contributed by atoms with Gasteiger partial charge in [0.2, 0.25) is 5.91 Å². The lowest BCUT2D eigenvalue weighted by Gasteiger charge is -2.11. The van der Waals surface area contributed by atoms with Gasteiger partial charge in [0, 0.05) is 12.1 Å². The van der Waals surface area contributed by atoms with Crippen LogP contribution < -0.4 is 5.32 Å². The van der Waals surface area contributed by atoms with Crippen LogP contribution in [0.2, 0.25) is 0 Å². The summed E-state index contributed by atoms with van der Waals surface area (Å²) in [6.07, 6.45) is 0. The van der Waals surface area contributed by atoms with Crippen molar-refractivity contribution >= 4 is 11.7 Å². The van der Waals surface area contributed by atoms with Crippen LogP contribution in [-0.4, -0.2) is 11.7 Å². The smallest absolute Gasteiger partial charge is 0.245 e. The third-order valence-corrected chi connectivity index (χ3v) is 3.75. The maximum atomic E-state index is 12.4. The van der Waals surface area contributed by atoms with Crippen molar-refractivity contribution in [2.24, 2.45) is 5.92 Å². The van der Waals surface area contributed by atoms with E-state index in [2.05, 4.69) is 5.32 Å². The molecule has 2 aromatic rings. The fourth-order valence-corrected chi connectivity index (χ4v) is 2.18. The highest BCUT2D eigenvalue weighted by Gasteiger charge is 2.27. The van der Waals surface area contributed by atoms with Crippen LogP contribution in [-0.2, 0) is 11.3 Å². The quantitative estimate of drug-likeness (QED) is 0.682. The van der Waals surface area contributed by atoms with E-state index in [1.54, 1.807) is 12.1 Å². The van der Waals surface area contributed by atoms with Crippen LogP contribution >= 0.6 is 0 Å². The van der Waals surface area contributed by atoms with Crippen molar-refractivity contribution in [2.75, 3.05) is 0 Å². The molecule has 0 saturated heterocycles. The Labute approximate surface area is 135 Å². The SMILES string of the molecule is Cc1ccc(C(=O)C(C#N)C(=O)NCc2ccccc2)cc1C. The first kappa shape index (κ1) is 16.4. The summed E-state index contributed by atoms with van der Waals surface area (Å²) in [5.41, 5.74) is 3.31. The van der Waals surface area contributed by atoms with Crippen molar-refractivity contribution in [1.82, 2.24) is 5.32 Å². The second-order valence-electron chi connectivity index (χ2n) is 5.43. The highest BCUT2D eigenvalue weighted by molar-refractivity contribution is 6.12. The van der Waals surface area contributed by atoms with Crippen LogP contribution in [0.5, 0.6) is 0 Å². The first-order valence-corrected chi connectivity index (χ1v) is 7.35. The van der Waals surface area contributed by atoms with Crippen LogP contribution in [0, 0.1) is 31.1 Å². The number of Topliss-reactive ketones (excluding diaryl/α,β-unsaturated/α-hetero) is 1. The van der Waals surface area contributed by atoms with Crippen molar-refractivity contribution in [1.29, 1.82) is 5.26 Å². The summed E-state index contributed by atoms with van der Waals surface area (Å²) < 4.78 is 0. The Balaban J connectivity index is 2.09. The summed E-state index contributed by atoms with van der Waals surface area (Å²) in [6.45, 7) is 4.12. The van der Waals surface area contributed by atoms with Gasteiger partial charge in [-0.3, -0.25) is 9.59 Å². The fourth-order valence-electron chi connectivity index (χ4n) is 2.18. The molecule has 4 heteroatoms. The van der Waals surface area contributed by atoms with Gasteiger partial charge >= 0.3 is 0 Å². The van der Waals surface area contributed by atoms with E-state index in [0.717, 1.165) is 16.7 Å². The lowest BCUT2D eigenvalue weighted by Crippen LogP contribution is -2.34. The number of carbonyl (C=O) groups is 2. The topological polar surface area (TPSA) is 70.0 Å². The number of hydrogen-bond donors (Lipinski definition) is 1. The van der Waals surface area contributed by atoms with E-state index >= 15 is 0 Å². The van der Waals surface area contributed by atoms with Gasteiger partial charge in [-0.15, -0.1) is 0 Å². The van der Waals surface area contributed by atoms with E-state index in [4.69, 9.17) is 0 Å². The molecule has 0 radical (unpaired) electrons. The molecular weight excluding hydrogens is 288 g/mol. The normalized spacial score (nSPS) is 11.3. The Kier molecular flexibility index (Phi) is 5.27. The molecule has 0 aliphatic heterocycles. The number of nitrogens with one attached hydrogen (secondary N) is 1. The van der Waals surface area contributed by atoms with Gasteiger partial charge < -0.3 is 5.32 Å². The van der Waals surface area contributed by atoms with Gasteiger partial charge in [-0.1, -0.05) is 42.5 Å². The minimum absolute atomic E-state index is 0.290. The highest BCUT2D eigenvalue weighted by Crippen LogP contribution is 2.14. The number of benzene rings is 2. The molecule has 0 aliphatic carbocycles. The lowest BCUT2D eigenvalue weighted by molar-refractivity contribution is -0.122. The minimum Gasteiger partial charge on any atom is -0.350 e. The molecule has 0 fully saturated rings. The zero-order valence-corrected chi connectivity index (χ0v) is 13.2. The number of nitrogens with zero attached hydrogens (tertiary/aromatic N) is 1. The van der Waals surface area contributed by atoms with Gasteiger partial charge in [-0.05, 0) is 36.6 Å². The van der Waals surface area contributed by atoms with E-state index in [9.17, 15) is 14.9 Å². The average molecular weight is 306 g/mol. The summed E-state index contributed by atoms with van der Waals surface area (Å²) in [5, 5.41) is 11.9. The molecule has 0 saturated carbocycles. The van der Waals surface area contributed by atoms with Crippen LogP contribution in [0.1, 0.15) is 27.0 Å². The summed E-state index contributed by atoms with van der Waals surface area (Å²) in [7, 11) is 0. The molecule has 23 heavy (non-hydrogen) atoms. The Hall–Kier alpha value is -2.93. The van der Waals surface area contributed by atoms with Crippen molar-refractivity contribution < 1.29 is 9.59 Å². The molecule has 4 nitrogen and oxygen atoms in total. The molecule has 1 amide bonds. The number of amides is 1. The third kappa shape index (κ3) is 4.04. The van der Waals surface area contributed by atoms with E-state index < -0.39 is 17.6 Å².